The molecule has 146 valence electrons. The molecule has 0 saturated carbocycles. The number of rotatable bonds is 7. The van der Waals surface area contributed by atoms with Crippen LogP contribution in [0.3, 0.4) is 0 Å². The van der Waals surface area contributed by atoms with E-state index in [0.717, 1.165) is 36.2 Å². The van der Waals surface area contributed by atoms with Crippen LogP contribution in [0.5, 0.6) is 5.75 Å². The highest BCUT2D eigenvalue weighted by molar-refractivity contribution is 8.18. The number of amidine groups is 1. The molecule has 0 spiro atoms. The SMILES string of the molecule is COC(=O)/C=C1/S/C(=N\N=Cc2cc([N+](=O)[O-])ccc2OCC(=O)O)NC1=O. The number of non-ortho nitro benzene ring substituents is 1. The lowest BCUT2D eigenvalue weighted by atomic mass is 10.2. The Hall–Kier alpha value is -3.74. The van der Waals surface area contributed by atoms with Crippen LogP contribution in [0.25, 0.3) is 0 Å². The molecule has 2 N–H and O–H groups in total. The number of carbonyl (C=O) groups is 3. The molecule has 13 heteroatoms. The average molecular weight is 408 g/mol. The van der Waals surface area contributed by atoms with Crippen molar-refractivity contribution in [3.63, 3.8) is 0 Å². The monoisotopic (exact) mass is 408 g/mol. The highest BCUT2D eigenvalue weighted by atomic mass is 32.2. The van der Waals surface area contributed by atoms with E-state index in [2.05, 4.69) is 20.3 Å². The van der Waals surface area contributed by atoms with Gasteiger partial charge in [0.2, 0.25) is 0 Å². The zero-order valence-corrected chi connectivity index (χ0v) is 15.0. The number of carbonyl (C=O) groups excluding carboxylic acids is 2. The lowest BCUT2D eigenvalue weighted by Crippen LogP contribution is -2.19. The number of aliphatic carboxylic acids is 1. The zero-order chi connectivity index (χ0) is 20.7. The van der Waals surface area contributed by atoms with Gasteiger partial charge in [-0.1, -0.05) is 0 Å². The van der Waals surface area contributed by atoms with E-state index in [9.17, 15) is 24.5 Å². The van der Waals surface area contributed by atoms with Crippen molar-refractivity contribution in [2.75, 3.05) is 13.7 Å². The van der Waals surface area contributed by atoms with E-state index >= 15 is 0 Å². The number of thioether (sulfide) groups is 1. The largest absolute Gasteiger partial charge is 0.481 e. The van der Waals surface area contributed by atoms with Gasteiger partial charge in [0.1, 0.15) is 5.75 Å². The minimum Gasteiger partial charge on any atom is -0.481 e. The Bertz CT molecular complexity index is 925. The highest BCUT2D eigenvalue weighted by Gasteiger charge is 2.25. The van der Waals surface area contributed by atoms with Crippen LogP contribution in [0.2, 0.25) is 0 Å². The van der Waals surface area contributed by atoms with E-state index in [-0.39, 0.29) is 27.1 Å². The molecular formula is C15H12N4O8S. The molecule has 1 aliphatic rings. The van der Waals surface area contributed by atoms with Crippen LogP contribution in [0.15, 0.2) is 39.4 Å². The summed E-state index contributed by atoms with van der Waals surface area (Å²) >= 11 is 0.843. The first-order valence-electron chi connectivity index (χ1n) is 7.33. The number of esters is 1. The van der Waals surface area contributed by atoms with Gasteiger partial charge in [0.05, 0.1) is 23.2 Å². The average Bonchev–Trinajstić information content (AvgIpc) is 2.99. The summed E-state index contributed by atoms with van der Waals surface area (Å²) in [5.74, 6) is -2.45. The fourth-order valence-corrected chi connectivity index (χ4v) is 2.54. The number of carboxylic acid groups (broad SMARTS) is 1. The van der Waals surface area contributed by atoms with Gasteiger partial charge in [0, 0.05) is 23.8 Å². The maximum atomic E-state index is 11.7. The Balaban J connectivity index is 2.21. The molecule has 0 unspecified atom stereocenters. The second-order valence-electron chi connectivity index (χ2n) is 4.90. The molecule has 1 amide bonds. The Labute approximate surface area is 161 Å². The van der Waals surface area contributed by atoms with Crippen molar-refractivity contribution in [1.29, 1.82) is 0 Å². The molecule has 2 rings (SSSR count). The summed E-state index contributed by atoms with van der Waals surface area (Å²) in [5, 5.41) is 29.5. The molecule has 1 saturated heterocycles. The Morgan fingerprint density at radius 2 is 2.18 bits per heavy atom. The maximum Gasteiger partial charge on any atom is 0.341 e. The Morgan fingerprint density at radius 3 is 2.82 bits per heavy atom. The molecular weight excluding hydrogens is 396 g/mol. The number of hydrogen-bond donors (Lipinski definition) is 2. The minimum atomic E-state index is -1.23. The summed E-state index contributed by atoms with van der Waals surface area (Å²) in [6.45, 7) is -0.652. The van der Waals surface area contributed by atoms with Gasteiger partial charge in [-0.3, -0.25) is 20.2 Å². The molecule has 28 heavy (non-hydrogen) atoms. The number of carboxylic acids is 1. The molecule has 0 aliphatic carbocycles. The summed E-state index contributed by atoms with van der Waals surface area (Å²) < 4.78 is 9.48. The molecule has 0 bridgehead atoms. The van der Waals surface area contributed by atoms with Crippen LogP contribution in [0.4, 0.5) is 5.69 Å². The summed E-state index contributed by atoms with van der Waals surface area (Å²) in [6, 6.07) is 3.51. The normalized spacial score (nSPS) is 16.4. The van der Waals surface area contributed by atoms with E-state index in [1.165, 1.54) is 13.2 Å². The Kier molecular flexibility index (Phi) is 6.81. The first-order valence-corrected chi connectivity index (χ1v) is 8.14. The van der Waals surface area contributed by atoms with Crippen LogP contribution in [-0.2, 0) is 19.1 Å². The molecule has 1 aliphatic heterocycles. The van der Waals surface area contributed by atoms with Crippen molar-refractivity contribution in [3.05, 3.63) is 44.9 Å². The molecule has 0 aromatic heterocycles. The van der Waals surface area contributed by atoms with Crippen molar-refractivity contribution >= 4 is 46.7 Å². The number of nitrogens with zero attached hydrogens (tertiary/aromatic N) is 3. The first kappa shape index (κ1) is 20.6. The third-order valence-corrected chi connectivity index (χ3v) is 3.90. The zero-order valence-electron chi connectivity index (χ0n) is 14.1. The predicted molar refractivity (Wildman–Crippen MR) is 97.1 cm³/mol. The van der Waals surface area contributed by atoms with Gasteiger partial charge in [0.15, 0.2) is 11.8 Å². The second kappa shape index (κ2) is 9.27. The van der Waals surface area contributed by atoms with Crippen molar-refractivity contribution < 1.29 is 33.9 Å². The quantitative estimate of drug-likeness (QED) is 0.216. The number of hydrogen-bond acceptors (Lipinski definition) is 10. The fraction of sp³-hybridized carbons (Fsp3) is 0.133. The number of nitro groups is 1. The number of methoxy groups -OCH3 is 1. The standard InChI is InChI=1S/C15H12N4O8S/c1-26-13(22)5-11-14(23)17-15(28-11)18-16-6-8-4-9(19(24)25)2-3-10(8)27-7-12(20)21/h2-6H,7H2,1H3,(H,20,21)(H,17,18,23)/b11-5+,16-6?. The van der Waals surface area contributed by atoms with Gasteiger partial charge < -0.3 is 14.6 Å². The van der Waals surface area contributed by atoms with E-state index in [1.807, 2.05) is 0 Å². The summed E-state index contributed by atoms with van der Waals surface area (Å²) in [5.41, 5.74) is -0.150. The summed E-state index contributed by atoms with van der Waals surface area (Å²) in [4.78, 5) is 43.8. The van der Waals surface area contributed by atoms with Crippen molar-refractivity contribution in [3.8, 4) is 5.75 Å². The van der Waals surface area contributed by atoms with Crippen LogP contribution in [0, 0.1) is 10.1 Å². The van der Waals surface area contributed by atoms with Crippen molar-refractivity contribution in [2.45, 2.75) is 0 Å². The minimum absolute atomic E-state index is 0.0475. The van der Waals surface area contributed by atoms with Gasteiger partial charge in [-0.05, 0) is 17.8 Å². The predicted octanol–water partition coefficient (Wildman–Crippen LogP) is 0.668. The van der Waals surface area contributed by atoms with Crippen LogP contribution in [-0.4, -0.2) is 53.0 Å². The van der Waals surface area contributed by atoms with Crippen molar-refractivity contribution in [2.24, 2.45) is 10.2 Å². The number of nitro benzene ring substituents is 1. The number of benzene rings is 1. The van der Waals surface area contributed by atoms with Crippen LogP contribution < -0.4 is 10.1 Å². The molecule has 0 atom stereocenters. The third kappa shape index (κ3) is 5.63. The lowest BCUT2D eigenvalue weighted by molar-refractivity contribution is -0.384. The van der Waals surface area contributed by atoms with Crippen LogP contribution >= 0.6 is 11.8 Å². The van der Waals surface area contributed by atoms with E-state index in [0.29, 0.717) is 0 Å². The van der Waals surface area contributed by atoms with Crippen LogP contribution in [0.1, 0.15) is 5.56 Å². The van der Waals surface area contributed by atoms with E-state index < -0.39 is 29.4 Å². The molecule has 0 radical (unpaired) electrons. The van der Waals surface area contributed by atoms with Gasteiger partial charge in [-0.2, -0.15) is 5.10 Å². The molecule has 1 heterocycles. The number of amides is 1. The van der Waals surface area contributed by atoms with E-state index in [4.69, 9.17) is 9.84 Å². The second-order valence-corrected chi connectivity index (χ2v) is 5.93. The molecule has 1 aromatic carbocycles. The fourth-order valence-electron chi connectivity index (χ4n) is 1.81. The molecule has 12 nitrogen and oxygen atoms in total. The number of nitrogens with one attached hydrogen (secondary N) is 1. The molecule has 1 fully saturated rings. The lowest BCUT2D eigenvalue weighted by Gasteiger charge is -2.06. The molecule has 1 aromatic rings. The van der Waals surface area contributed by atoms with Gasteiger partial charge in [-0.25, -0.2) is 9.59 Å². The maximum absolute atomic E-state index is 11.7. The third-order valence-electron chi connectivity index (χ3n) is 3.00. The van der Waals surface area contributed by atoms with Gasteiger partial charge in [0.25, 0.3) is 11.6 Å². The smallest absolute Gasteiger partial charge is 0.341 e. The summed E-state index contributed by atoms with van der Waals surface area (Å²) in [7, 11) is 1.17. The first-order chi connectivity index (χ1) is 13.3. The Morgan fingerprint density at radius 1 is 1.43 bits per heavy atom. The summed E-state index contributed by atoms with van der Waals surface area (Å²) in [6.07, 6.45) is 2.09. The van der Waals surface area contributed by atoms with Crippen molar-refractivity contribution in [1.82, 2.24) is 5.32 Å². The van der Waals surface area contributed by atoms with Gasteiger partial charge in [-0.15, -0.1) is 5.10 Å². The van der Waals surface area contributed by atoms with Gasteiger partial charge >= 0.3 is 11.9 Å². The highest BCUT2D eigenvalue weighted by Crippen LogP contribution is 2.25. The van der Waals surface area contributed by atoms with E-state index in [1.54, 1.807) is 0 Å². The number of ether oxygens (including phenoxy) is 2. The topological polar surface area (TPSA) is 170 Å².